The molecule has 1 fully saturated rings. The molecule has 18 heteroatoms. The third-order valence-electron chi connectivity index (χ3n) is 9.45. The Hall–Kier alpha value is -7.43. The van der Waals surface area contributed by atoms with E-state index in [4.69, 9.17) is 20.9 Å². The summed E-state index contributed by atoms with van der Waals surface area (Å²) in [4.78, 5) is 32.6. The maximum atomic E-state index is 11.3. The number of aromatic amines is 1. The first-order valence-corrected chi connectivity index (χ1v) is 20.7. The highest BCUT2D eigenvalue weighted by molar-refractivity contribution is 9.10. The summed E-state index contributed by atoms with van der Waals surface area (Å²) in [7, 11) is 6.74. The quantitative estimate of drug-likeness (QED) is 0.0934. The third kappa shape index (κ3) is 20.0. The summed E-state index contributed by atoms with van der Waals surface area (Å²) in [6.07, 6.45) is 11.2. The van der Waals surface area contributed by atoms with Gasteiger partial charge in [-0.1, -0.05) is 113 Å². The summed E-state index contributed by atoms with van der Waals surface area (Å²) in [5, 5.41) is 55.4. The van der Waals surface area contributed by atoms with E-state index in [0.29, 0.717) is 30.6 Å². The lowest BCUT2D eigenvalue weighted by atomic mass is 9.91. The van der Waals surface area contributed by atoms with Crippen molar-refractivity contribution < 1.29 is 29.0 Å². The molecule has 0 aliphatic heterocycles. The number of rotatable bonds is 10. The standard InChI is InChI=1S/C13H11N3O2.C12H9N3O2.C8H6BrN.C8H18N2.C5H6N2O2.4CH4/c1-18-13(17)11-7-9-16(15-11)12-5-3-2-4-10(12)6-8-14;13-7-5-9-3-1-2-4-11(9)15-8-6-10(14-15)12(16)17;9-8-4-2-1-3-7(8)5-6-10;1-9-7-5-3-4-6-8(7)10-2;1-9-5(8)4-2-3-6-7-4;;;;/h2-5,7,9H,6H2,1H3;1-4,6,8H,5H2,(H,16,17);1-4H,5H2;7-10H,3-6H2,1-2H3;2-3H,1H3,(H,6,7);4*1H4/t;;;7-,8-;;;;;/m...1...../s1. The maximum absolute atomic E-state index is 11.3. The van der Waals surface area contributed by atoms with Crippen LogP contribution in [0, 0.1) is 34.0 Å². The molecule has 0 amide bonds. The Labute approximate surface area is 409 Å². The second kappa shape index (κ2) is 34.9. The number of aromatic nitrogens is 6. The smallest absolute Gasteiger partial charge is 0.358 e. The normalized spacial score (nSPS) is 12.6. The zero-order valence-electron chi connectivity index (χ0n) is 35.9. The van der Waals surface area contributed by atoms with E-state index in [9.17, 15) is 14.4 Å². The van der Waals surface area contributed by atoms with Crippen LogP contribution in [0.2, 0.25) is 0 Å². The first-order valence-electron chi connectivity index (χ1n) is 19.9. The van der Waals surface area contributed by atoms with Gasteiger partial charge in [-0.05, 0) is 80.0 Å². The lowest BCUT2D eigenvalue weighted by Gasteiger charge is -2.30. The number of hydrogen-bond donors (Lipinski definition) is 4. The number of nitriles is 3. The zero-order valence-corrected chi connectivity index (χ0v) is 37.5. The number of carbonyl (C=O) groups is 3. The Balaban J connectivity index is 0. The van der Waals surface area contributed by atoms with Crippen molar-refractivity contribution in [1.29, 1.82) is 15.8 Å². The molecule has 4 N–H and O–H groups in total. The number of nitrogens with zero attached hydrogens (tertiary/aromatic N) is 8. The molecule has 1 saturated carbocycles. The van der Waals surface area contributed by atoms with Gasteiger partial charge in [-0.3, -0.25) is 5.10 Å². The molecule has 0 unspecified atom stereocenters. The molecular formula is C50H66BrN11O6. The van der Waals surface area contributed by atoms with Gasteiger partial charge in [0.1, 0.15) is 5.69 Å². The van der Waals surface area contributed by atoms with Crippen molar-refractivity contribution in [3.8, 4) is 29.6 Å². The van der Waals surface area contributed by atoms with Crippen LogP contribution in [-0.2, 0) is 28.7 Å². The second-order valence-electron chi connectivity index (χ2n) is 13.5. The van der Waals surface area contributed by atoms with Crippen molar-refractivity contribution in [3.05, 3.63) is 148 Å². The van der Waals surface area contributed by atoms with Gasteiger partial charge < -0.3 is 25.2 Å². The van der Waals surface area contributed by atoms with E-state index in [1.165, 1.54) is 56.8 Å². The highest BCUT2D eigenvalue weighted by atomic mass is 79.9. The molecule has 1 aliphatic carbocycles. The van der Waals surface area contributed by atoms with Gasteiger partial charge in [0.25, 0.3) is 0 Å². The minimum atomic E-state index is -1.07. The topological polar surface area (TPSA) is 250 Å². The summed E-state index contributed by atoms with van der Waals surface area (Å²) in [5.74, 6) is -1.94. The summed E-state index contributed by atoms with van der Waals surface area (Å²) < 4.78 is 13.0. The van der Waals surface area contributed by atoms with Gasteiger partial charge in [0.15, 0.2) is 11.4 Å². The largest absolute Gasteiger partial charge is 0.476 e. The molecule has 0 bridgehead atoms. The first kappa shape index (κ1) is 62.7. The van der Waals surface area contributed by atoms with Crippen LogP contribution in [0.25, 0.3) is 11.4 Å². The van der Waals surface area contributed by atoms with E-state index < -0.39 is 17.9 Å². The molecule has 364 valence electrons. The minimum Gasteiger partial charge on any atom is -0.476 e. The molecule has 3 aromatic heterocycles. The molecule has 0 radical (unpaired) electrons. The molecule has 0 spiro atoms. The van der Waals surface area contributed by atoms with E-state index >= 15 is 0 Å². The van der Waals surface area contributed by atoms with Crippen molar-refractivity contribution in [1.82, 2.24) is 40.4 Å². The van der Waals surface area contributed by atoms with Gasteiger partial charge in [0.05, 0.1) is 63.1 Å². The number of benzene rings is 3. The number of methoxy groups -OCH3 is 2. The highest BCUT2D eigenvalue weighted by Gasteiger charge is 2.21. The highest BCUT2D eigenvalue weighted by Crippen LogP contribution is 2.19. The van der Waals surface area contributed by atoms with Gasteiger partial charge >= 0.3 is 17.9 Å². The molecule has 3 heterocycles. The number of hydrogen-bond acceptors (Lipinski definition) is 13. The number of ether oxygens (including phenoxy) is 2. The second-order valence-corrected chi connectivity index (χ2v) is 14.3. The molecule has 6 aromatic rings. The number of carboxylic acid groups (broad SMARTS) is 1. The zero-order chi connectivity index (χ0) is 46.7. The third-order valence-corrected chi connectivity index (χ3v) is 10.2. The van der Waals surface area contributed by atoms with Crippen LogP contribution < -0.4 is 10.6 Å². The number of para-hydroxylation sites is 2. The molecule has 2 atom stereocenters. The van der Waals surface area contributed by atoms with Gasteiger partial charge in [0, 0.05) is 35.1 Å². The Bertz CT molecular complexity index is 2490. The fourth-order valence-electron chi connectivity index (χ4n) is 6.21. The predicted octanol–water partition coefficient (Wildman–Crippen LogP) is 9.35. The van der Waals surface area contributed by atoms with E-state index in [-0.39, 0.29) is 47.5 Å². The van der Waals surface area contributed by atoms with Crippen LogP contribution in [0.1, 0.15) is 104 Å². The van der Waals surface area contributed by atoms with Gasteiger partial charge in [-0.25, -0.2) is 23.7 Å². The molecule has 0 saturated heterocycles. The molecular weight excluding hydrogens is 931 g/mol. The van der Waals surface area contributed by atoms with Gasteiger partial charge in [-0.15, -0.1) is 0 Å². The van der Waals surface area contributed by atoms with Crippen molar-refractivity contribution in [3.63, 3.8) is 0 Å². The molecule has 7 rings (SSSR count). The summed E-state index contributed by atoms with van der Waals surface area (Å²) in [6, 6.07) is 34.7. The first-order chi connectivity index (χ1) is 31.0. The Morgan fingerprint density at radius 1 is 0.676 bits per heavy atom. The van der Waals surface area contributed by atoms with E-state index in [1.807, 2.05) is 66.7 Å². The Kier molecular flexibility index (Phi) is 32.1. The average molecular weight is 997 g/mol. The van der Waals surface area contributed by atoms with Crippen molar-refractivity contribution in [2.75, 3.05) is 28.3 Å². The molecule has 17 nitrogen and oxygen atoms in total. The Morgan fingerprint density at radius 2 is 1.10 bits per heavy atom. The number of esters is 2. The van der Waals surface area contributed by atoms with E-state index in [0.717, 1.165) is 32.5 Å². The Morgan fingerprint density at radius 3 is 1.50 bits per heavy atom. The number of nitrogens with one attached hydrogen (secondary N) is 3. The number of halogens is 1. The molecule has 3 aromatic carbocycles. The minimum absolute atomic E-state index is 0. The van der Waals surface area contributed by atoms with E-state index in [2.05, 4.69) is 88.7 Å². The van der Waals surface area contributed by atoms with Crippen molar-refractivity contribution >= 4 is 33.8 Å². The maximum Gasteiger partial charge on any atom is 0.358 e. The SMILES string of the molecule is C.C.C.C.CN[C@@H]1CCCC[C@H]1NC.COC(=O)c1ccn(-c2ccccc2CC#N)n1.COC(=O)c1ccn[nH]1.N#CCc1ccccc1-n1ccc(C(=O)O)n1.N#CCc1ccccc1Br. The number of carbonyl (C=O) groups excluding carboxylic acids is 2. The average Bonchev–Trinajstić information content (AvgIpc) is 4.15. The number of aromatic carboxylic acids is 1. The summed E-state index contributed by atoms with van der Waals surface area (Å²) in [5.41, 5.74) is 4.83. The molecule has 1 aliphatic rings. The van der Waals surface area contributed by atoms with Crippen molar-refractivity contribution in [2.24, 2.45) is 0 Å². The molecule has 68 heavy (non-hydrogen) atoms. The van der Waals surface area contributed by atoms with Crippen LogP contribution in [0.3, 0.4) is 0 Å². The lowest BCUT2D eigenvalue weighted by molar-refractivity contribution is 0.0585. The lowest BCUT2D eigenvalue weighted by Crippen LogP contribution is -2.47. The van der Waals surface area contributed by atoms with Crippen molar-refractivity contribution in [2.45, 2.75) is 86.7 Å². The van der Waals surface area contributed by atoms with Crippen LogP contribution in [0.15, 0.2) is 114 Å². The van der Waals surface area contributed by atoms with Gasteiger partial charge in [0.2, 0.25) is 0 Å². The van der Waals surface area contributed by atoms with E-state index in [1.54, 1.807) is 35.3 Å². The number of carboxylic acids is 1. The van der Waals surface area contributed by atoms with Crippen LogP contribution in [0.4, 0.5) is 0 Å². The monoisotopic (exact) mass is 995 g/mol. The number of likely N-dealkylation sites (N-methyl/N-ethyl adjacent to an activating group) is 2. The number of H-pyrrole nitrogens is 1. The van der Waals surface area contributed by atoms with Crippen LogP contribution >= 0.6 is 15.9 Å². The van der Waals surface area contributed by atoms with Crippen LogP contribution in [-0.4, -0.2) is 93.2 Å². The summed E-state index contributed by atoms with van der Waals surface area (Å²) >= 11 is 3.35. The fourth-order valence-corrected chi connectivity index (χ4v) is 6.64. The van der Waals surface area contributed by atoms with Gasteiger partial charge in [-0.2, -0.15) is 31.1 Å². The van der Waals surface area contributed by atoms with Crippen LogP contribution in [0.5, 0.6) is 0 Å². The fraction of sp³-hybridized carbons (Fsp3) is 0.340. The summed E-state index contributed by atoms with van der Waals surface area (Å²) in [6.45, 7) is 0. The predicted molar refractivity (Wildman–Crippen MR) is 269 cm³/mol.